The highest BCUT2D eigenvalue weighted by atomic mass is 16.5. The van der Waals surface area contributed by atoms with Gasteiger partial charge in [0.25, 0.3) is 0 Å². The Morgan fingerprint density at radius 2 is 1.59 bits per heavy atom. The Hall–Kier alpha value is -2.62. The topological polar surface area (TPSA) is 55.4 Å². The molecule has 0 aliphatic carbocycles. The second-order valence-corrected chi connectivity index (χ2v) is 5.01. The fraction of sp³-hybridized carbons (Fsp3) is 0.222. The van der Waals surface area contributed by atoms with Gasteiger partial charge in [0.15, 0.2) is 0 Å². The first-order valence-electron chi connectivity index (χ1n) is 7.17. The van der Waals surface area contributed by atoms with E-state index >= 15 is 0 Å². The summed E-state index contributed by atoms with van der Waals surface area (Å²) in [5.41, 5.74) is 1.82. The van der Waals surface area contributed by atoms with Gasteiger partial charge in [-0.25, -0.2) is 0 Å². The molecule has 0 saturated carbocycles. The third-order valence-corrected chi connectivity index (χ3v) is 3.19. The summed E-state index contributed by atoms with van der Waals surface area (Å²) in [5, 5.41) is 2.79. The van der Waals surface area contributed by atoms with Crippen LogP contribution in [-0.2, 0) is 20.9 Å². The normalized spacial score (nSPS) is 11.5. The molecule has 0 aromatic heterocycles. The zero-order chi connectivity index (χ0) is 15.8. The molecule has 2 aromatic rings. The molecule has 0 heterocycles. The van der Waals surface area contributed by atoms with E-state index in [0.717, 1.165) is 11.1 Å². The van der Waals surface area contributed by atoms with Gasteiger partial charge in [0.05, 0.1) is 12.5 Å². The number of rotatable bonds is 6. The van der Waals surface area contributed by atoms with Crippen LogP contribution in [0.5, 0.6) is 0 Å². The van der Waals surface area contributed by atoms with Crippen LogP contribution in [0, 0.1) is 0 Å². The van der Waals surface area contributed by atoms with Crippen molar-refractivity contribution in [3.63, 3.8) is 0 Å². The Kier molecular flexibility index (Phi) is 5.72. The average Bonchev–Trinajstić information content (AvgIpc) is 2.54. The summed E-state index contributed by atoms with van der Waals surface area (Å²) in [4.78, 5) is 23.3. The smallest absolute Gasteiger partial charge is 0.308 e. The molecule has 1 N–H and O–H groups in total. The summed E-state index contributed by atoms with van der Waals surface area (Å²) < 4.78 is 5.27. The molecule has 22 heavy (non-hydrogen) atoms. The predicted molar refractivity (Wildman–Crippen MR) is 83.9 cm³/mol. The van der Waals surface area contributed by atoms with E-state index in [1.54, 1.807) is 0 Å². The number of hydrogen-bond acceptors (Lipinski definition) is 3. The second-order valence-electron chi connectivity index (χ2n) is 5.01. The summed E-state index contributed by atoms with van der Waals surface area (Å²) in [7, 11) is 0. The summed E-state index contributed by atoms with van der Waals surface area (Å²) >= 11 is 0. The highest BCUT2D eigenvalue weighted by Crippen LogP contribution is 2.17. The number of amides is 1. The van der Waals surface area contributed by atoms with E-state index in [1.807, 2.05) is 60.7 Å². The highest BCUT2D eigenvalue weighted by molar-refractivity contribution is 5.76. The first-order chi connectivity index (χ1) is 10.6. The Labute approximate surface area is 130 Å². The maximum atomic E-state index is 12.0. The van der Waals surface area contributed by atoms with E-state index in [9.17, 15) is 9.59 Å². The molecule has 0 unspecified atom stereocenters. The van der Waals surface area contributed by atoms with Crippen molar-refractivity contribution in [2.75, 3.05) is 0 Å². The number of nitrogens with one attached hydrogen (secondary N) is 1. The Morgan fingerprint density at radius 1 is 1.00 bits per heavy atom. The van der Waals surface area contributed by atoms with Gasteiger partial charge in [-0.3, -0.25) is 9.59 Å². The van der Waals surface area contributed by atoms with Gasteiger partial charge < -0.3 is 10.1 Å². The van der Waals surface area contributed by atoms with Crippen LogP contribution in [0.3, 0.4) is 0 Å². The summed E-state index contributed by atoms with van der Waals surface area (Å²) in [6.07, 6.45) is 0.108. The van der Waals surface area contributed by atoms with E-state index in [0.29, 0.717) is 0 Å². The molecule has 0 saturated heterocycles. The Balaban J connectivity index is 1.95. The van der Waals surface area contributed by atoms with Crippen molar-refractivity contribution < 1.29 is 14.3 Å². The molecule has 0 aliphatic rings. The first-order valence-corrected chi connectivity index (χ1v) is 7.17. The Bertz CT molecular complexity index is 611. The van der Waals surface area contributed by atoms with E-state index in [-0.39, 0.29) is 30.9 Å². The average molecular weight is 297 g/mol. The van der Waals surface area contributed by atoms with Crippen molar-refractivity contribution in [2.24, 2.45) is 0 Å². The quantitative estimate of drug-likeness (QED) is 0.834. The zero-order valence-corrected chi connectivity index (χ0v) is 12.5. The van der Waals surface area contributed by atoms with Crippen LogP contribution in [0.4, 0.5) is 0 Å². The Morgan fingerprint density at radius 3 is 2.18 bits per heavy atom. The molecule has 4 heteroatoms. The number of hydrogen-bond donors (Lipinski definition) is 1. The highest BCUT2D eigenvalue weighted by Gasteiger charge is 2.17. The minimum absolute atomic E-state index is 0.108. The third-order valence-electron chi connectivity index (χ3n) is 3.19. The molecule has 2 aromatic carbocycles. The fourth-order valence-corrected chi connectivity index (χ4v) is 2.15. The maximum Gasteiger partial charge on any atom is 0.308 e. The van der Waals surface area contributed by atoms with Crippen LogP contribution in [0.25, 0.3) is 0 Å². The molecule has 0 aliphatic heterocycles. The summed E-state index contributed by atoms with van der Waals surface area (Å²) in [6.45, 7) is 1.67. The SMILES string of the molecule is CC(=O)N[C@H](CC(=O)OCc1ccccc1)c1ccccc1. The molecular formula is C18H19NO3. The van der Waals surface area contributed by atoms with Crippen LogP contribution >= 0.6 is 0 Å². The number of benzene rings is 2. The molecule has 0 fully saturated rings. The van der Waals surface area contributed by atoms with Crippen molar-refractivity contribution in [3.05, 3.63) is 71.8 Å². The van der Waals surface area contributed by atoms with Crippen molar-refractivity contribution in [3.8, 4) is 0 Å². The van der Waals surface area contributed by atoms with Gasteiger partial charge in [-0.1, -0.05) is 60.7 Å². The van der Waals surface area contributed by atoms with Crippen LogP contribution in [0.15, 0.2) is 60.7 Å². The standard InChI is InChI=1S/C18H19NO3/c1-14(20)19-17(16-10-6-3-7-11-16)12-18(21)22-13-15-8-4-2-5-9-15/h2-11,17H,12-13H2,1H3,(H,19,20)/t17-/m1/s1. The van der Waals surface area contributed by atoms with E-state index in [4.69, 9.17) is 4.74 Å². The van der Waals surface area contributed by atoms with Gasteiger partial charge in [-0.15, -0.1) is 0 Å². The third kappa shape index (κ3) is 5.05. The maximum absolute atomic E-state index is 12.0. The van der Waals surface area contributed by atoms with Gasteiger partial charge in [-0.05, 0) is 11.1 Å². The number of esters is 1. The van der Waals surface area contributed by atoms with Crippen molar-refractivity contribution in [1.29, 1.82) is 0 Å². The molecule has 1 amide bonds. The van der Waals surface area contributed by atoms with Gasteiger partial charge in [0.2, 0.25) is 5.91 Å². The lowest BCUT2D eigenvalue weighted by Crippen LogP contribution is -2.28. The molecule has 0 bridgehead atoms. The fourth-order valence-electron chi connectivity index (χ4n) is 2.15. The molecule has 2 rings (SSSR count). The van der Waals surface area contributed by atoms with Gasteiger partial charge in [0.1, 0.15) is 6.61 Å². The minimum Gasteiger partial charge on any atom is -0.461 e. The number of ether oxygens (including phenoxy) is 1. The lowest BCUT2D eigenvalue weighted by Gasteiger charge is -2.17. The number of carbonyl (C=O) groups excluding carboxylic acids is 2. The van der Waals surface area contributed by atoms with Crippen LogP contribution in [0.2, 0.25) is 0 Å². The van der Waals surface area contributed by atoms with Crippen molar-refractivity contribution in [1.82, 2.24) is 5.32 Å². The van der Waals surface area contributed by atoms with Crippen LogP contribution in [0.1, 0.15) is 30.5 Å². The number of carbonyl (C=O) groups is 2. The van der Waals surface area contributed by atoms with Gasteiger partial charge >= 0.3 is 5.97 Å². The van der Waals surface area contributed by atoms with Gasteiger partial charge in [-0.2, -0.15) is 0 Å². The molecule has 114 valence electrons. The zero-order valence-electron chi connectivity index (χ0n) is 12.5. The van der Waals surface area contributed by atoms with E-state index < -0.39 is 0 Å². The molecule has 1 atom stereocenters. The van der Waals surface area contributed by atoms with E-state index in [1.165, 1.54) is 6.92 Å². The lowest BCUT2D eigenvalue weighted by molar-refractivity contribution is -0.145. The molecule has 0 radical (unpaired) electrons. The summed E-state index contributed by atoms with van der Waals surface area (Å²) in [5.74, 6) is -0.517. The monoisotopic (exact) mass is 297 g/mol. The van der Waals surface area contributed by atoms with Crippen molar-refractivity contribution in [2.45, 2.75) is 26.0 Å². The van der Waals surface area contributed by atoms with Crippen LogP contribution in [-0.4, -0.2) is 11.9 Å². The van der Waals surface area contributed by atoms with Crippen LogP contribution < -0.4 is 5.32 Å². The first kappa shape index (κ1) is 15.8. The van der Waals surface area contributed by atoms with Crippen molar-refractivity contribution >= 4 is 11.9 Å². The second kappa shape index (κ2) is 7.98. The van der Waals surface area contributed by atoms with Gasteiger partial charge in [0, 0.05) is 6.92 Å². The largest absolute Gasteiger partial charge is 0.461 e. The minimum atomic E-state index is -0.373. The lowest BCUT2D eigenvalue weighted by atomic mass is 10.0. The summed E-state index contributed by atoms with van der Waals surface area (Å²) in [6, 6.07) is 18.5. The molecule has 4 nitrogen and oxygen atoms in total. The predicted octanol–water partition coefficient (Wildman–Crippen LogP) is 3.00. The molecule has 0 spiro atoms. The van der Waals surface area contributed by atoms with E-state index in [2.05, 4.69) is 5.32 Å². The molecular weight excluding hydrogens is 278 g/mol.